The van der Waals surface area contributed by atoms with Crippen LogP contribution >= 0.6 is 11.3 Å². The predicted molar refractivity (Wildman–Crippen MR) is 108 cm³/mol. The van der Waals surface area contributed by atoms with Crippen LogP contribution < -0.4 is 10.2 Å². The summed E-state index contributed by atoms with van der Waals surface area (Å²) in [5, 5.41) is 4.31. The molecule has 9 heteroatoms. The molecule has 0 radical (unpaired) electrons. The molecule has 156 valence electrons. The van der Waals surface area contributed by atoms with E-state index in [0.29, 0.717) is 25.3 Å². The molecule has 0 spiro atoms. The summed E-state index contributed by atoms with van der Waals surface area (Å²) in [7, 11) is 0. The molecule has 0 saturated carbocycles. The van der Waals surface area contributed by atoms with Crippen molar-refractivity contribution in [2.75, 3.05) is 24.5 Å². The quantitative estimate of drug-likeness (QED) is 0.632. The molecule has 30 heavy (non-hydrogen) atoms. The van der Waals surface area contributed by atoms with E-state index in [0.717, 1.165) is 20.7 Å². The number of alkyl halides is 3. The Hall–Kier alpha value is -2.65. The monoisotopic (exact) mass is 433 g/mol. The minimum absolute atomic E-state index is 0.123. The van der Waals surface area contributed by atoms with Gasteiger partial charge in [-0.15, -0.1) is 11.3 Å². The highest BCUT2D eigenvalue weighted by molar-refractivity contribution is 7.22. The number of nitrogens with zero attached hydrogens (tertiary/aromatic N) is 2. The summed E-state index contributed by atoms with van der Waals surface area (Å²) in [5.41, 5.74) is 1.44. The van der Waals surface area contributed by atoms with E-state index < -0.39 is 18.4 Å². The summed E-state index contributed by atoms with van der Waals surface area (Å²) in [4.78, 5) is 18.8. The first kappa shape index (κ1) is 19.3. The Labute approximate surface area is 174 Å². The number of carbonyl (C=O) groups is 1. The molecule has 0 aliphatic carbocycles. The number of esters is 1. The Morgan fingerprint density at radius 3 is 2.77 bits per heavy atom. The fourth-order valence-corrected chi connectivity index (χ4v) is 5.30. The molecule has 1 N–H and O–H groups in total. The average molecular weight is 433 g/mol. The number of benzene rings is 1. The Bertz CT molecular complexity index is 1050. The summed E-state index contributed by atoms with van der Waals surface area (Å²) >= 11 is 1.63. The third-order valence-corrected chi connectivity index (χ3v) is 6.85. The van der Waals surface area contributed by atoms with Crippen molar-refractivity contribution in [2.45, 2.75) is 12.4 Å². The first-order valence-corrected chi connectivity index (χ1v) is 10.4. The highest BCUT2D eigenvalue weighted by atomic mass is 32.1. The van der Waals surface area contributed by atoms with Crippen molar-refractivity contribution in [3.8, 4) is 10.6 Å². The van der Waals surface area contributed by atoms with Gasteiger partial charge in [-0.05, 0) is 35.6 Å². The van der Waals surface area contributed by atoms with Crippen molar-refractivity contribution in [3.63, 3.8) is 0 Å². The molecule has 5 nitrogen and oxygen atoms in total. The molecular formula is C21H18F3N3O2S. The highest BCUT2D eigenvalue weighted by Crippen LogP contribution is 2.38. The molecule has 2 aliphatic heterocycles. The van der Waals surface area contributed by atoms with Gasteiger partial charge in [0.15, 0.2) is 6.23 Å². The number of hydrogen-bond donors (Lipinski definition) is 1. The molecule has 3 aromatic rings. The van der Waals surface area contributed by atoms with Gasteiger partial charge in [-0.3, -0.25) is 4.98 Å². The van der Waals surface area contributed by atoms with Crippen molar-refractivity contribution in [1.29, 1.82) is 0 Å². The summed E-state index contributed by atoms with van der Waals surface area (Å²) < 4.78 is 44.4. The molecule has 3 atom stereocenters. The minimum atomic E-state index is -5.01. The maximum absolute atomic E-state index is 12.8. The smallest absolute Gasteiger partial charge is 0.435 e. The van der Waals surface area contributed by atoms with Crippen LogP contribution in [0.15, 0.2) is 48.7 Å². The number of aromatic nitrogens is 1. The Kier molecular flexibility index (Phi) is 4.67. The van der Waals surface area contributed by atoms with Crippen molar-refractivity contribution in [3.05, 3.63) is 48.7 Å². The van der Waals surface area contributed by atoms with Gasteiger partial charge >= 0.3 is 12.1 Å². The number of anilines is 1. The SMILES string of the molecule is O=C(OC1C2CNCC2CN1c1ccc(-c2cc3ccccc3s2)nc1)C(F)(F)F. The largest absolute Gasteiger partial charge is 0.491 e. The van der Waals surface area contributed by atoms with Crippen LogP contribution in [0.1, 0.15) is 0 Å². The third-order valence-electron chi connectivity index (χ3n) is 5.71. The van der Waals surface area contributed by atoms with E-state index in [1.165, 1.54) is 0 Å². The molecule has 0 amide bonds. The maximum Gasteiger partial charge on any atom is 0.491 e. The van der Waals surface area contributed by atoms with Gasteiger partial charge in [-0.2, -0.15) is 13.2 Å². The fourth-order valence-electron chi connectivity index (χ4n) is 4.26. The van der Waals surface area contributed by atoms with Crippen LogP contribution in [0.25, 0.3) is 20.7 Å². The van der Waals surface area contributed by atoms with Crippen LogP contribution in [0.2, 0.25) is 0 Å². The van der Waals surface area contributed by atoms with Crippen LogP contribution in [0.5, 0.6) is 0 Å². The zero-order valence-electron chi connectivity index (χ0n) is 15.7. The van der Waals surface area contributed by atoms with Gasteiger partial charge in [0.25, 0.3) is 0 Å². The molecule has 4 heterocycles. The van der Waals surface area contributed by atoms with Crippen LogP contribution in [-0.2, 0) is 9.53 Å². The van der Waals surface area contributed by atoms with Gasteiger partial charge in [0.1, 0.15) is 0 Å². The van der Waals surface area contributed by atoms with Gasteiger partial charge in [-0.25, -0.2) is 4.79 Å². The number of nitrogens with one attached hydrogen (secondary N) is 1. The number of halogens is 3. The molecule has 1 aromatic carbocycles. The third kappa shape index (κ3) is 3.41. The molecule has 5 rings (SSSR count). The van der Waals surface area contributed by atoms with Gasteiger partial charge < -0.3 is 15.0 Å². The Balaban J connectivity index is 1.41. The Morgan fingerprint density at radius 2 is 2.03 bits per heavy atom. The van der Waals surface area contributed by atoms with Crippen molar-refractivity contribution in [2.24, 2.45) is 11.8 Å². The van der Waals surface area contributed by atoms with E-state index in [4.69, 9.17) is 4.74 Å². The van der Waals surface area contributed by atoms with Crippen LogP contribution in [0.4, 0.5) is 18.9 Å². The lowest BCUT2D eigenvalue weighted by atomic mass is 9.99. The zero-order valence-corrected chi connectivity index (χ0v) is 16.5. The van der Waals surface area contributed by atoms with E-state index in [1.807, 2.05) is 30.3 Å². The predicted octanol–water partition coefficient (Wildman–Crippen LogP) is 4.05. The standard InChI is InChI=1S/C21H18F3N3O2S/c22-21(23,24)20(28)29-19-15-10-25-8-13(15)11-27(19)14-5-6-16(26-9-14)18-7-12-3-1-2-4-17(12)30-18/h1-7,9,13,15,19,25H,8,10-11H2. The highest BCUT2D eigenvalue weighted by Gasteiger charge is 2.50. The molecule has 2 fully saturated rings. The lowest BCUT2D eigenvalue weighted by Gasteiger charge is -2.29. The van der Waals surface area contributed by atoms with Gasteiger partial charge in [-0.1, -0.05) is 18.2 Å². The summed E-state index contributed by atoms with van der Waals surface area (Å²) in [6.45, 7) is 1.72. The summed E-state index contributed by atoms with van der Waals surface area (Å²) in [5.74, 6) is -2.21. The second-order valence-electron chi connectivity index (χ2n) is 7.58. The molecule has 0 bridgehead atoms. The number of pyridine rings is 1. The van der Waals surface area contributed by atoms with Gasteiger partial charge in [0, 0.05) is 30.3 Å². The number of ether oxygens (including phenoxy) is 1. The van der Waals surface area contributed by atoms with Gasteiger partial charge in [0.05, 0.1) is 22.5 Å². The van der Waals surface area contributed by atoms with Crippen LogP contribution in [0, 0.1) is 11.8 Å². The molecule has 2 saturated heterocycles. The number of carbonyl (C=O) groups excluding carboxylic acids is 1. The summed E-state index contributed by atoms with van der Waals surface area (Å²) in [6, 6.07) is 13.8. The van der Waals surface area contributed by atoms with Crippen molar-refractivity contribution in [1.82, 2.24) is 10.3 Å². The lowest BCUT2D eigenvalue weighted by Crippen LogP contribution is -2.42. The average Bonchev–Trinajstić information content (AvgIpc) is 3.42. The molecular weight excluding hydrogens is 415 g/mol. The molecule has 2 aliphatic rings. The zero-order chi connectivity index (χ0) is 20.9. The Morgan fingerprint density at radius 1 is 1.20 bits per heavy atom. The molecule has 2 aromatic heterocycles. The number of thiophene rings is 1. The number of hydrogen-bond acceptors (Lipinski definition) is 6. The van der Waals surface area contributed by atoms with E-state index >= 15 is 0 Å². The van der Waals surface area contributed by atoms with Crippen LogP contribution in [0.3, 0.4) is 0 Å². The number of rotatable bonds is 3. The second-order valence-corrected chi connectivity index (χ2v) is 8.66. The van der Waals surface area contributed by atoms with Crippen LogP contribution in [-0.4, -0.2) is 43.0 Å². The van der Waals surface area contributed by atoms with Gasteiger partial charge in [0.2, 0.25) is 0 Å². The lowest BCUT2D eigenvalue weighted by molar-refractivity contribution is -0.206. The molecule has 3 unspecified atom stereocenters. The topological polar surface area (TPSA) is 54.5 Å². The maximum atomic E-state index is 12.8. The summed E-state index contributed by atoms with van der Waals surface area (Å²) in [6.07, 6.45) is -4.34. The second kappa shape index (κ2) is 7.24. The fraction of sp³-hybridized carbons (Fsp3) is 0.333. The minimum Gasteiger partial charge on any atom is -0.435 e. The van der Waals surface area contributed by atoms with E-state index in [1.54, 1.807) is 22.4 Å². The normalized spacial score (nSPS) is 23.7. The van der Waals surface area contributed by atoms with Crippen molar-refractivity contribution < 1.29 is 22.7 Å². The first-order valence-electron chi connectivity index (χ1n) is 9.60. The van der Waals surface area contributed by atoms with Crippen molar-refractivity contribution >= 4 is 33.1 Å². The number of fused-ring (bicyclic) bond motifs is 2. The van der Waals surface area contributed by atoms with E-state index in [9.17, 15) is 18.0 Å². The first-order chi connectivity index (χ1) is 14.4. The van der Waals surface area contributed by atoms with E-state index in [-0.39, 0.29) is 11.8 Å². The van der Waals surface area contributed by atoms with E-state index in [2.05, 4.69) is 22.4 Å².